The molecule has 1 aromatic carbocycles. The van der Waals surface area contributed by atoms with Gasteiger partial charge in [-0.3, -0.25) is 4.79 Å². The molecule has 0 atom stereocenters. The van der Waals surface area contributed by atoms with Crippen LogP contribution in [-0.2, 0) is 4.79 Å². The van der Waals surface area contributed by atoms with E-state index in [4.69, 9.17) is 5.11 Å². The first kappa shape index (κ1) is 15.0. The van der Waals surface area contributed by atoms with Gasteiger partial charge in [0.2, 0.25) is 0 Å². The van der Waals surface area contributed by atoms with E-state index in [1.54, 1.807) is 0 Å². The number of nitrogens with one attached hydrogen (secondary N) is 2. The number of urea groups is 1. The fraction of sp³-hybridized carbons (Fsp3) is 0.385. The molecule has 1 aliphatic rings. The zero-order chi connectivity index (χ0) is 14.8. The number of carboxylic acids is 1. The second kappa shape index (κ2) is 5.94. The van der Waals surface area contributed by atoms with Gasteiger partial charge in [0.1, 0.15) is 5.82 Å². The first-order chi connectivity index (χ1) is 9.40. The second-order valence-corrected chi connectivity index (χ2v) is 6.07. The van der Waals surface area contributed by atoms with Gasteiger partial charge < -0.3 is 15.7 Å². The Morgan fingerprint density at radius 2 is 2.10 bits per heavy atom. The highest BCUT2D eigenvalue weighted by molar-refractivity contribution is 14.1. The van der Waals surface area contributed by atoms with Crippen LogP contribution in [0.2, 0.25) is 0 Å². The van der Waals surface area contributed by atoms with Gasteiger partial charge in [-0.15, -0.1) is 0 Å². The standard InChI is InChI=1S/C13H14FIN2O3/c14-8-2-3-10(9(15)6-8)16-12(20)17-13(4-1-5-13)7-11(18)19/h2-3,6H,1,4-5,7H2,(H,18,19)(H2,16,17,20). The third-order valence-corrected chi connectivity index (χ3v) is 4.25. The summed E-state index contributed by atoms with van der Waals surface area (Å²) in [7, 11) is 0. The summed E-state index contributed by atoms with van der Waals surface area (Å²) in [5, 5.41) is 14.2. The van der Waals surface area contributed by atoms with Crippen LogP contribution in [0.3, 0.4) is 0 Å². The van der Waals surface area contributed by atoms with Crippen molar-refractivity contribution >= 4 is 40.3 Å². The van der Waals surface area contributed by atoms with Crippen LogP contribution in [0.4, 0.5) is 14.9 Å². The molecule has 1 saturated carbocycles. The molecular formula is C13H14FIN2O3. The number of anilines is 1. The largest absolute Gasteiger partial charge is 0.481 e. The van der Waals surface area contributed by atoms with Crippen molar-refractivity contribution in [3.8, 4) is 0 Å². The van der Waals surface area contributed by atoms with Gasteiger partial charge in [-0.05, 0) is 60.1 Å². The minimum atomic E-state index is -0.929. The molecule has 7 heteroatoms. The van der Waals surface area contributed by atoms with Gasteiger partial charge in [0.15, 0.2) is 0 Å². The molecule has 1 fully saturated rings. The quantitative estimate of drug-likeness (QED) is 0.690. The zero-order valence-corrected chi connectivity index (χ0v) is 12.7. The normalized spacial score (nSPS) is 16.1. The molecule has 2 amide bonds. The Labute approximate surface area is 129 Å². The monoisotopic (exact) mass is 392 g/mol. The Hall–Kier alpha value is -1.38. The van der Waals surface area contributed by atoms with Crippen LogP contribution in [0.25, 0.3) is 0 Å². The number of hydrogen-bond acceptors (Lipinski definition) is 2. The second-order valence-electron chi connectivity index (χ2n) is 4.91. The number of carbonyl (C=O) groups excluding carboxylic acids is 1. The number of carbonyl (C=O) groups is 2. The van der Waals surface area contributed by atoms with E-state index >= 15 is 0 Å². The maximum absolute atomic E-state index is 13.0. The van der Waals surface area contributed by atoms with Crippen molar-refractivity contribution in [2.75, 3.05) is 5.32 Å². The summed E-state index contributed by atoms with van der Waals surface area (Å²) >= 11 is 1.92. The number of benzene rings is 1. The minimum Gasteiger partial charge on any atom is -0.481 e. The Kier molecular flexibility index (Phi) is 4.46. The summed E-state index contributed by atoms with van der Waals surface area (Å²) < 4.78 is 13.5. The van der Waals surface area contributed by atoms with E-state index in [0.29, 0.717) is 22.1 Å². The molecule has 0 spiro atoms. The van der Waals surface area contributed by atoms with Gasteiger partial charge in [-0.2, -0.15) is 0 Å². The predicted octanol–water partition coefficient (Wildman–Crippen LogP) is 2.95. The van der Waals surface area contributed by atoms with Crippen molar-refractivity contribution in [1.82, 2.24) is 5.32 Å². The first-order valence-electron chi connectivity index (χ1n) is 6.16. The molecule has 0 saturated heterocycles. The number of carboxylic acid groups (broad SMARTS) is 1. The highest BCUT2D eigenvalue weighted by Crippen LogP contribution is 2.35. The Balaban J connectivity index is 1.99. The molecule has 2 rings (SSSR count). The third kappa shape index (κ3) is 3.59. The summed E-state index contributed by atoms with van der Waals surface area (Å²) in [6.07, 6.45) is 2.14. The molecule has 0 aliphatic heterocycles. The number of halogens is 2. The number of hydrogen-bond donors (Lipinski definition) is 3. The van der Waals surface area contributed by atoms with Gasteiger partial charge in [-0.25, -0.2) is 9.18 Å². The molecule has 1 aliphatic carbocycles. The smallest absolute Gasteiger partial charge is 0.319 e. The van der Waals surface area contributed by atoms with Crippen molar-refractivity contribution in [1.29, 1.82) is 0 Å². The SMILES string of the molecule is O=C(O)CC1(NC(=O)Nc2ccc(F)cc2I)CCC1. The van der Waals surface area contributed by atoms with Crippen molar-refractivity contribution in [2.24, 2.45) is 0 Å². The number of aliphatic carboxylic acids is 1. The molecule has 0 aromatic heterocycles. The molecule has 0 heterocycles. The van der Waals surface area contributed by atoms with E-state index in [0.717, 1.165) is 6.42 Å². The van der Waals surface area contributed by atoms with Crippen LogP contribution in [-0.4, -0.2) is 22.6 Å². The molecule has 108 valence electrons. The van der Waals surface area contributed by atoms with Crippen molar-refractivity contribution in [3.05, 3.63) is 27.6 Å². The van der Waals surface area contributed by atoms with E-state index < -0.39 is 17.5 Å². The average molecular weight is 392 g/mol. The van der Waals surface area contributed by atoms with Crippen LogP contribution in [0, 0.1) is 9.39 Å². The van der Waals surface area contributed by atoms with E-state index in [1.807, 2.05) is 22.6 Å². The molecule has 1 aromatic rings. The predicted molar refractivity (Wildman–Crippen MR) is 80.1 cm³/mol. The minimum absolute atomic E-state index is 0.0824. The Morgan fingerprint density at radius 1 is 1.40 bits per heavy atom. The summed E-state index contributed by atoms with van der Waals surface area (Å²) in [6.45, 7) is 0. The van der Waals surface area contributed by atoms with Crippen LogP contribution >= 0.6 is 22.6 Å². The number of rotatable bonds is 4. The maximum atomic E-state index is 13.0. The lowest BCUT2D eigenvalue weighted by Gasteiger charge is -2.41. The molecule has 5 nitrogen and oxygen atoms in total. The van der Waals surface area contributed by atoms with E-state index in [1.165, 1.54) is 18.2 Å². The molecule has 0 radical (unpaired) electrons. The summed E-state index contributed by atoms with van der Waals surface area (Å²) in [4.78, 5) is 22.8. The third-order valence-electron chi connectivity index (χ3n) is 3.36. The van der Waals surface area contributed by atoms with Crippen molar-refractivity contribution in [3.63, 3.8) is 0 Å². The van der Waals surface area contributed by atoms with Gasteiger partial charge in [0, 0.05) is 3.57 Å². The fourth-order valence-electron chi connectivity index (χ4n) is 2.22. The van der Waals surface area contributed by atoms with E-state index in [2.05, 4.69) is 10.6 Å². The van der Waals surface area contributed by atoms with Gasteiger partial charge in [0.25, 0.3) is 0 Å². The highest BCUT2D eigenvalue weighted by Gasteiger charge is 2.40. The summed E-state index contributed by atoms with van der Waals surface area (Å²) in [5.74, 6) is -1.30. The Bertz CT molecular complexity index is 546. The van der Waals surface area contributed by atoms with Crippen LogP contribution in [0.15, 0.2) is 18.2 Å². The van der Waals surface area contributed by atoms with Crippen LogP contribution in [0.5, 0.6) is 0 Å². The molecular weight excluding hydrogens is 378 g/mol. The number of amides is 2. The fourth-order valence-corrected chi connectivity index (χ4v) is 2.84. The van der Waals surface area contributed by atoms with Gasteiger partial charge >= 0.3 is 12.0 Å². The van der Waals surface area contributed by atoms with Crippen molar-refractivity contribution < 1.29 is 19.1 Å². The molecule has 0 bridgehead atoms. The van der Waals surface area contributed by atoms with Gasteiger partial charge in [-0.1, -0.05) is 0 Å². The lowest BCUT2D eigenvalue weighted by molar-refractivity contribution is -0.139. The van der Waals surface area contributed by atoms with Gasteiger partial charge in [0.05, 0.1) is 17.6 Å². The molecule has 0 unspecified atom stereocenters. The average Bonchev–Trinajstić information content (AvgIpc) is 2.29. The summed E-state index contributed by atoms with van der Waals surface area (Å²) in [5.41, 5.74) is -0.157. The topological polar surface area (TPSA) is 78.4 Å². The van der Waals surface area contributed by atoms with Crippen LogP contribution in [0.1, 0.15) is 25.7 Å². The van der Waals surface area contributed by atoms with Crippen LogP contribution < -0.4 is 10.6 Å². The first-order valence-corrected chi connectivity index (χ1v) is 7.24. The zero-order valence-electron chi connectivity index (χ0n) is 10.6. The van der Waals surface area contributed by atoms with Crippen molar-refractivity contribution in [2.45, 2.75) is 31.2 Å². The van der Waals surface area contributed by atoms with E-state index in [9.17, 15) is 14.0 Å². The highest BCUT2D eigenvalue weighted by atomic mass is 127. The molecule has 20 heavy (non-hydrogen) atoms. The lowest BCUT2D eigenvalue weighted by Crippen LogP contribution is -2.55. The maximum Gasteiger partial charge on any atom is 0.319 e. The Morgan fingerprint density at radius 3 is 2.60 bits per heavy atom. The summed E-state index contributed by atoms with van der Waals surface area (Å²) in [6, 6.07) is 3.58. The molecule has 3 N–H and O–H groups in total. The lowest BCUT2D eigenvalue weighted by atomic mass is 9.74. The van der Waals surface area contributed by atoms with E-state index in [-0.39, 0.29) is 12.2 Å².